The fraction of sp³-hybridized carbons (Fsp3) is 0.308. The molecule has 5 heteroatoms. The van der Waals surface area contributed by atoms with Gasteiger partial charge < -0.3 is 19.3 Å². The summed E-state index contributed by atoms with van der Waals surface area (Å²) in [5.41, 5.74) is 1.71. The summed E-state index contributed by atoms with van der Waals surface area (Å²) in [5, 5.41) is 7.00. The molecule has 0 spiro atoms. The highest BCUT2D eigenvalue weighted by atomic mass is 16.5. The van der Waals surface area contributed by atoms with Crippen LogP contribution in [0.3, 0.4) is 0 Å². The van der Waals surface area contributed by atoms with Crippen LogP contribution in [0.4, 0.5) is 0 Å². The molecule has 1 heterocycles. The largest absolute Gasteiger partial charge is 0.497 e. The quantitative estimate of drug-likeness (QED) is 0.878. The fourth-order valence-electron chi connectivity index (χ4n) is 1.71. The van der Waals surface area contributed by atoms with Crippen molar-refractivity contribution in [3.05, 3.63) is 30.0 Å². The fourth-order valence-corrected chi connectivity index (χ4v) is 1.71. The number of rotatable bonds is 5. The first-order chi connectivity index (χ1) is 8.78. The third kappa shape index (κ3) is 2.46. The number of nitrogens with zero attached hydrogens (tertiary/aromatic N) is 1. The van der Waals surface area contributed by atoms with Gasteiger partial charge in [0.2, 0.25) is 0 Å². The van der Waals surface area contributed by atoms with Crippen LogP contribution in [0.15, 0.2) is 28.8 Å². The Morgan fingerprint density at radius 3 is 2.72 bits per heavy atom. The maximum atomic E-state index is 5.33. The summed E-state index contributed by atoms with van der Waals surface area (Å²) in [5.74, 6) is 2.12. The number of ether oxygens (including phenoxy) is 2. The van der Waals surface area contributed by atoms with Crippen LogP contribution in [0, 0.1) is 0 Å². The van der Waals surface area contributed by atoms with Crippen molar-refractivity contribution in [2.75, 3.05) is 21.3 Å². The highest BCUT2D eigenvalue weighted by molar-refractivity contribution is 5.67. The summed E-state index contributed by atoms with van der Waals surface area (Å²) in [6.45, 7) is 0.669. The minimum Gasteiger partial charge on any atom is -0.497 e. The summed E-state index contributed by atoms with van der Waals surface area (Å²) >= 11 is 0. The highest BCUT2D eigenvalue weighted by Gasteiger charge is 2.12. The molecule has 5 nitrogen and oxygen atoms in total. The molecule has 1 aromatic carbocycles. The van der Waals surface area contributed by atoms with Crippen LogP contribution < -0.4 is 14.8 Å². The van der Waals surface area contributed by atoms with Crippen LogP contribution in [0.2, 0.25) is 0 Å². The number of methoxy groups -OCH3 is 2. The maximum Gasteiger partial charge on any atom is 0.170 e. The lowest BCUT2D eigenvalue weighted by molar-refractivity contribution is 0.390. The third-order valence-corrected chi connectivity index (χ3v) is 2.59. The Morgan fingerprint density at radius 1 is 1.22 bits per heavy atom. The lowest BCUT2D eigenvalue weighted by Gasteiger charge is -2.07. The molecule has 0 bridgehead atoms. The van der Waals surface area contributed by atoms with Crippen molar-refractivity contribution in [1.29, 1.82) is 0 Å². The van der Waals surface area contributed by atoms with E-state index in [1.165, 1.54) is 0 Å². The molecule has 18 heavy (non-hydrogen) atoms. The van der Waals surface area contributed by atoms with Gasteiger partial charge in [-0.2, -0.15) is 0 Å². The van der Waals surface area contributed by atoms with Crippen molar-refractivity contribution in [2.45, 2.75) is 6.54 Å². The van der Waals surface area contributed by atoms with Crippen molar-refractivity contribution >= 4 is 0 Å². The molecule has 1 aromatic heterocycles. The molecule has 0 saturated heterocycles. The monoisotopic (exact) mass is 248 g/mol. The van der Waals surface area contributed by atoms with Crippen LogP contribution in [0.5, 0.6) is 11.5 Å². The molecule has 96 valence electrons. The molecule has 2 rings (SSSR count). The minimum absolute atomic E-state index is 0.669. The van der Waals surface area contributed by atoms with Crippen LogP contribution in [-0.2, 0) is 6.54 Å². The van der Waals surface area contributed by atoms with Gasteiger partial charge in [-0.05, 0) is 19.2 Å². The average molecular weight is 248 g/mol. The molecule has 0 amide bonds. The zero-order valence-electron chi connectivity index (χ0n) is 10.7. The van der Waals surface area contributed by atoms with E-state index in [4.69, 9.17) is 14.0 Å². The Hall–Kier alpha value is -2.01. The third-order valence-electron chi connectivity index (χ3n) is 2.59. The molecule has 0 unspecified atom stereocenters. The smallest absolute Gasteiger partial charge is 0.170 e. The van der Waals surface area contributed by atoms with E-state index in [-0.39, 0.29) is 0 Å². The number of aromatic nitrogens is 1. The number of benzene rings is 1. The van der Waals surface area contributed by atoms with Gasteiger partial charge in [0.25, 0.3) is 0 Å². The van der Waals surface area contributed by atoms with E-state index in [0.29, 0.717) is 18.1 Å². The van der Waals surface area contributed by atoms with Crippen LogP contribution in [0.1, 0.15) is 5.69 Å². The summed E-state index contributed by atoms with van der Waals surface area (Å²) in [6.07, 6.45) is 0. The second-order valence-corrected chi connectivity index (χ2v) is 3.78. The lowest BCUT2D eigenvalue weighted by atomic mass is 10.1. The number of hydrogen-bond acceptors (Lipinski definition) is 5. The standard InChI is InChI=1S/C13H16N2O3/c1-14-8-9-6-13(18-15-9)11-5-4-10(16-2)7-12(11)17-3/h4-7,14H,8H2,1-3H3. The maximum absolute atomic E-state index is 5.33. The van der Waals surface area contributed by atoms with Gasteiger partial charge in [0.15, 0.2) is 5.76 Å². The first-order valence-corrected chi connectivity index (χ1v) is 5.61. The Bertz CT molecular complexity index is 523. The second kappa shape index (κ2) is 5.55. The molecule has 0 saturated carbocycles. The SMILES string of the molecule is CNCc1cc(-c2ccc(OC)cc2OC)on1. The van der Waals surface area contributed by atoms with Crippen molar-refractivity contribution in [2.24, 2.45) is 0 Å². The average Bonchev–Trinajstić information content (AvgIpc) is 2.87. The highest BCUT2D eigenvalue weighted by Crippen LogP contribution is 2.33. The Morgan fingerprint density at radius 2 is 2.06 bits per heavy atom. The van der Waals surface area contributed by atoms with Gasteiger partial charge in [-0.25, -0.2) is 0 Å². The van der Waals surface area contributed by atoms with E-state index >= 15 is 0 Å². The molecule has 0 aliphatic heterocycles. The van der Waals surface area contributed by atoms with Crippen molar-refractivity contribution in [1.82, 2.24) is 10.5 Å². The lowest BCUT2D eigenvalue weighted by Crippen LogP contribution is -2.04. The van der Waals surface area contributed by atoms with E-state index < -0.39 is 0 Å². The zero-order chi connectivity index (χ0) is 13.0. The normalized spacial score (nSPS) is 10.4. The van der Waals surface area contributed by atoms with E-state index in [2.05, 4.69) is 10.5 Å². The van der Waals surface area contributed by atoms with Crippen molar-refractivity contribution in [3.8, 4) is 22.8 Å². The van der Waals surface area contributed by atoms with Crippen LogP contribution in [-0.4, -0.2) is 26.4 Å². The van der Waals surface area contributed by atoms with E-state index in [1.807, 2.05) is 31.3 Å². The molecule has 1 N–H and O–H groups in total. The Kier molecular flexibility index (Phi) is 3.84. The first kappa shape index (κ1) is 12.4. The van der Waals surface area contributed by atoms with Gasteiger partial charge in [0, 0.05) is 18.7 Å². The summed E-state index contributed by atoms with van der Waals surface area (Å²) in [6, 6.07) is 7.45. The van der Waals surface area contributed by atoms with E-state index in [1.54, 1.807) is 14.2 Å². The van der Waals surface area contributed by atoms with Gasteiger partial charge in [0.05, 0.1) is 25.5 Å². The zero-order valence-corrected chi connectivity index (χ0v) is 10.7. The summed E-state index contributed by atoms with van der Waals surface area (Å²) < 4.78 is 15.8. The molecular formula is C13H16N2O3. The predicted octanol–water partition coefficient (Wildman–Crippen LogP) is 2.08. The van der Waals surface area contributed by atoms with Gasteiger partial charge in [0.1, 0.15) is 11.5 Å². The van der Waals surface area contributed by atoms with E-state index in [0.717, 1.165) is 17.0 Å². The number of nitrogens with one attached hydrogen (secondary N) is 1. The molecule has 0 aliphatic rings. The minimum atomic E-state index is 0.669. The van der Waals surface area contributed by atoms with Gasteiger partial charge >= 0.3 is 0 Å². The van der Waals surface area contributed by atoms with Crippen LogP contribution >= 0.6 is 0 Å². The molecule has 0 fully saturated rings. The summed E-state index contributed by atoms with van der Waals surface area (Å²) in [4.78, 5) is 0. The van der Waals surface area contributed by atoms with Gasteiger partial charge in [-0.15, -0.1) is 0 Å². The number of hydrogen-bond donors (Lipinski definition) is 1. The topological polar surface area (TPSA) is 56.5 Å². The van der Waals surface area contributed by atoms with Gasteiger partial charge in [-0.3, -0.25) is 0 Å². The van der Waals surface area contributed by atoms with Crippen molar-refractivity contribution < 1.29 is 14.0 Å². The van der Waals surface area contributed by atoms with Gasteiger partial charge in [-0.1, -0.05) is 5.16 Å². The Balaban J connectivity index is 2.36. The Labute approximate surface area is 106 Å². The summed E-state index contributed by atoms with van der Waals surface area (Å²) in [7, 11) is 5.10. The second-order valence-electron chi connectivity index (χ2n) is 3.78. The molecule has 0 radical (unpaired) electrons. The first-order valence-electron chi connectivity index (χ1n) is 5.61. The van der Waals surface area contributed by atoms with Crippen LogP contribution in [0.25, 0.3) is 11.3 Å². The molecule has 2 aromatic rings. The molecular weight excluding hydrogens is 232 g/mol. The molecule has 0 atom stereocenters. The predicted molar refractivity (Wildman–Crippen MR) is 67.8 cm³/mol. The van der Waals surface area contributed by atoms with E-state index in [9.17, 15) is 0 Å². The van der Waals surface area contributed by atoms with Crippen molar-refractivity contribution in [3.63, 3.8) is 0 Å². The molecule has 0 aliphatic carbocycles.